The number of carbonyl (C=O) groups is 2. The molecule has 1 aliphatic rings. The lowest BCUT2D eigenvalue weighted by Gasteiger charge is -2.07. The molecule has 2 N–H and O–H groups in total. The molecule has 0 radical (unpaired) electrons. The van der Waals surface area contributed by atoms with E-state index < -0.39 is 0 Å². The van der Waals surface area contributed by atoms with Gasteiger partial charge in [-0.25, -0.2) is 4.39 Å². The molecule has 0 heterocycles. The Morgan fingerprint density at radius 3 is 2.44 bits per heavy atom. The first-order valence-electron chi connectivity index (χ1n) is 8.47. The molecule has 130 valence electrons. The molecular formula is C20H21FN2O2. The molecule has 25 heavy (non-hydrogen) atoms. The zero-order valence-corrected chi connectivity index (χ0v) is 13.9. The summed E-state index contributed by atoms with van der Waals surface area (Å²) < 4.78 is 12.9. The monoisotopic (exact) mass is 340 g/mol. The summed E-state index contributed by atoms with van der Waals surface area (Å²) in [6.07, 6.45) is 1.50. The molecule has 3 rings (SSSR count). The molecule has 0 aromatic heterocycles. The molecule has 0 aliphatic heterocycles. The SMILES string of the molecule is O=C(CNC(=O)[C@H]1C[C@H]1c1ccc(F)cc1)NCCc1ccccc1. The van der Waals surface area contributed by atoms with E-state index in [-0.39, 0.29) is 36.0 Å². The van der Waals surface area contributed by atoms with Crippen LogP contribution in [0.2, 0.25) is 0 Å². The first-order chi connectivity index (χ1) is 12.1. The van der Waals surface area contributed by atoms with E-state index in [1.165, 1.54) is 12.1 Å². The average molecular weight is 340 g/mol. The molecule has 1 saturated carbocycles. The van der Waals surface area contributed by atoms with Crippen LogP contribution >= 0.6 is 0 Å². The fourth-order valence-corrected chi connectivity index (χ4v) is 2.92. The quantitative estimate of drug-likeness (QED) is 0.813. The minimum atomic E-state index is -0.280. The Kier molecular flexibility index (Phi) is 5.43. The van der Waals surface area contributed by atoms with Crippen molar-refractivity contribution >= 4 is 11.8 Å². The van der Waals surface area contributed by atoms with Gasteiger partial charge in [0.2, 0.25) is 11.8 Å². The van der Waals surface area contributed by atoms with Crippen LogP contribution in [0.3, 0.4) is 0 Å². The third kappa shape index (κ3) is 4.89. The predicted octanol–water partition coefficient (Wildman–Crippen LogP) is 2.40. The molecule has 2 atom stereocenters. The molecule has 2 aromatic carbocycles. The Bertz CT molecular complexity index is 731. The van der Waals surface area contributed by atoms with Gasteiger partial charge >= 0.3 is 0 Å². The maximum Gasteiger partial charge on any atom is 0.239 e. The van der Waals surface area contributed by atoms with Gasteiger partial charge in [-0.15, -0.1) is 0 Å². The highest BCUT2D eigenvalue weighted by molar-refractivity contribution is 5.87. The fraction of sp³-hybridized carbons (Fsp3) is 0.300. The highest BCUT2D eigenvalue weighted by Gasteiger charge is 2.43. The number of carbonyl (C=O) groups excluding carboxylic acids is 2. The van der Waals surface area contributed by atoms with Crippen molar-refractivity contribution in [3.8, 4) is 0 Å². The smallest absolute Gasteiger partial charge is 0.239 e. The molecule has 0 spiro atoms. The molecule has 0 bridgehead atoms. The van der Waals surface area contributed by atoms with Gasteiger partial charge in [0.15, 0.2) is 0 Å². The maximum absolute atomic E-state index is 12.9. The number of amides is 2. The Balaban J connectivity index is 1.35. The first kappa shape index (κ1) is 17.1. The van der Waals surface area contributed by atoms with Crippen LogP contribution in [0.4, 0.5) is 4.39 Å². The van der Waals surface area contributed by atoms with Gasteiger partial charge in [0.05, 0.1) is 6.54 Å². The van der Waals surface area contributed by atoms with Crippen LogP contribution in [0.25, 0.3) is 0 Å². The van der Waals surface area contributed by atoms with Crippen molar-refractivity contribution in [3.63, 3.8) is 0 Å². The third-order valence-corrected chi connectivity index (χ3v) is 4.43. The van der Waals surface area contributed by atoms with Crippen LogP contribution in [0, 0.1) is 11.7 Å². The van der Waals surface area contributed by atoms with Crippen LogP contribution in [0.15, 0.2) is 54.6 Å². The summed E-state index contributed by atoms with van der Waals surface area (Å²) in [6.45, 7) is 0.528. The number of rotatable bonds is 7. The molecule has 2 amide bonds. The summed E-state index contributed by atoms with van der Waals surface area (Å²) in [7, 11) is 0. The molecule has 1 fully saturated rings. The van der Waals surface area contributed by atoms with Gasteiger partial charge in [0, 0.05) is 12.5 Å². The van der Waals surface area contributed by atoms with Gasteiger partial charge in [-0.3, -0.25) is 9.59 Å². The summed E-state index contributed by atoms with van der Waals surface area (Å²) >= 11 is 0. The van der Waals surface area contributed by atoms with E-state index in [9.17, 15) is 14.0 Å². The van der Waals surface area contributed by atoms with Crippen LogP contribution < -0.4 is 10.6 Å². The van der Waals surface area contributed by atoms with Crippen molar-refractivity contribution < 1.29 is 14.0 Å². The number of hydrogen-bond acceptors (Lipinski definition) is 2. The molecule has 4 nitrogen and oxygen atoms in total. The van der Waals surface area contributed by atoms with Crippen LogP contribution in [-0.2, 0) is 16.0 Å². The molecule has 0 unspecified atom stereocenters. The van der Waals surface area contributed by atoms with Crippen molar-refractivity contribution in [2.24, 2.45) is 5.92 Å². The Morgan fingerprint density at radius 1 is 1.00 bits per heavy atom. The van der Waals surface area contributed by atoms with E-state index in [4.69, 9.17) is 0 Å². The molecule has 5 heteroatoms. The summed E-state index contributed by atoms with van der Waals surface area (Å²) in [5, 5.41) is 5.48. The minimum Gasteiger partial charge on any atom is -0.354 e. The second-order valence-corrected chi connectivity index (χ2v) is 6.30. The maximum atomic E-state index is 12.9. The summed E-state index contributed by atoms with van der Waals surface area (Å²) in [5.74, 6) is -0.585. The Labute approximate surface area is 146 Å². The molecule has 1 aliphatic carbocycles. The first-order valence-corrected chi connectivity index (χ1v) is 8.47. The largest absolute Gasteiger partial charge is 0.354 e. The minimum absolute atomic E-state index is 0.0136. The highest BCUT2D eigenvalue weighted by Crippen LogP contribution is 2.47. The van der Waals surface area contributed by atoms with E-state index in [0.717, 1.165) is 24.0 Å². The zero-order chi connectivity index (χ0) is 17.6. The standard InChI is InChI=1S/C20H21FN2O2/c21-16-8-6-15(7-9-16)17-12-18(17)20(25)23-13-19(24)22-11-10-14-4-2-1-3-5-14/h1-9,17-18H,10-13H2,(H,22,24)(H,23,25)/t17-,18-/m0/s1. The molecular weight excluding hydrogens is 319 g/mol. The van der Waals surface area contributed by atoms with Crippen LogP contribution in [0.5, 0.6) is 0 Å². The van der Waals surface area contributed by atoms with Gasteiger partial charge in [-0.2, -0.15) is 0 Å². The number of nitrogens with one attached hydrogen (secondary N) is 2. The lowest BCUT2D eigenvalue weighted by Crippen LogP contribution is -2.38. The van der Waals surface area contributed by atoms with Gasteiger partial charge in [0.25, 0.3) is 0 Å². The Morgan fingerprint density at radius 2 is 1.72 bits per heavy atom. The van der Waals surface area contributed by atoms with Crippen molar-refractivity contribution in [2.75, 3.05) is 13.1 Å². The van der Waals surface area contributed by atoms with E-state index in [1.807, 2.05) is 30.3 Å². The van der Waals surface area contributed by atoms with E-state index in [2.05, 4.69) is 10.6 Å². The van der Waals surface area contributed by atoms with Crippen molar-refractivity contribution in [3.05, 3.63) is 71.5 Å². The summed E-state index contributed by atoms with van der Waals surface area (Å²) in [4.78, 5) is 23.9. The number of halogens is 1. The number of hydrogen-bond donors (Lipinski definition) is 2. The van der Waals surface area contributed by atoms with Gasteiger partial charge in [-0.05, 0) is 42.0 Å². The van der Waals surface area contributed by atoms with Gasteiger partial charge < -0.3 is 10.6 Å². The molecule has 2 aromatic rings. The second-order valence-electron chi connectivity index (χ2n) is 6.30. The average Bonchev–Trinajstić information content (AvgIpc) is 3.42. The van der Waals surface area contributed by atoms with Crippen molar-refractivity contribution in [1.29, 1.82) is 0 Å². The topological polar surface area (TPSA) is 58.2 Å². The van der Waals surface area contributed by atoms with E-state index in [0.29, 0.717) is 6.54 Å². The second kappa shape index (κ2) is 7.92. The van der Waals surface area contributed by atoms with Crippen LogP contribution in [-0.4, -0.2) is 24.9 Å². The number of benzene rings is 2. The van der Waals surface area contributed by atoms with Crippen molar-refractivity contribution in [2.45, 2.75) is 18.8 Å². The van der Waals surface area contributed by atoms with Gasteiger partial charge in [0.1, 0.15) is 5.82 Å². The zero-order valence-electron chi connectivity index (χ0n) is 13.9. The van der Waals surface area contributed by atoms with Crippen molar-refractivity contribution in [1.82, 2.24) is 10.6 Å². The summed E-state index contributed by atoms with van der Waals surface area (Å²) in [6, 6.07) is 16.1. The highest BCUT2D eigenvalue weighted by atomic mass is 19.1. The molecule has 0 saturated heterocycles. The van der Waals surface area contributed by atoms with E-state index in [1.54, 1.807) is 12.1 Å². The normalized spacial score (nSPS) is 18.4. The fourth-order valence-electron chi connectivity index (χ4n) is 2.92. The lowest BCUT2D eigenvalue weighted by atomic mass is 10.1. The predicted molar refractivity (Wildman–Crippen MR) is 93.4 cm³/mol. The third-order valence-electron chi connectivity index (χ3n) is 4.43. The van der Waals surface area contributed by atoms with E-state index >= 15 is 0 Å². The van der Waals surface area contributed by atoms with Gasteiger partial charge in [-0.1, -0.05) is 42.5 Å². The lowest BCUT2D eigenvalue weighted by molar-refractivity contribution is -0.126. The van der Waals surface area contributed by atoms with Crippen LogP contribution in [0.1, 0.15) is 23.5 Å². The Hall–Kier alpha value is -2.69. The summed E-state index contributed by atoms with van der Waals surface area (Å²) in [5.41, 5.74) is 2.13.